The molecule has 4 heteroatoms. The fourth-order valence-corrected chi connectivity index (χ4v) is 0.995. The van der Waals surface area contributed by atoms with Crippen molar-refractivity contribution in [1.82, 2.24) is 5.32 Å². The van der Waals surface area contributed by atoms with Crippen molar-refractivity contribution in [1.29, 1.82) is 0 Å². The Kier molecular flexibility index (Phi) is 3.78. The van der Waals surface area contributed by atoms with Gasteiger partial charge in [0.05, 0.1) is 0 Å². The molecule has 0 heterocycles. The molecule has 0 aliphatic carbocycles. The highest BCUT2D eigenvalue weighted by Crippen LogP contribution is 1.97. The summed E-state index contributed by atoms with van der Waals surface area (Å²) in [5, 5.41) is 2.49. The minimum absolute atomic E-state index is 0.528. The van der Waals surface area contributed by atoms with E-state index in [4.69, 9.17) is 0 Å². The molecule has 1 aromatic rings. The standard InChI is InChI=1S/C9H12N2O2/c10-13-9(12)11-7-6-8-4-2-1-3-5-8/h1-5H,6-7,10H2,(H,11,12). The van der Waals surface area contributed by atoms with Gasteiger partial charge in [-0.15, -0.1) is 0 Å². The molecule has 0 radical (unpaired) electrons. The van der Waals surface area contributed by atoms with Crippen molar-refractivity contribution in [2.24, 2.45) is 5.90 Å². The highest BCUT2D eigenvalue weighted by atomic mass is 16.7. The molecule has 13 heavy (non-hydrogen) atoms. The van der Waals surface area contributed by atoms with Gasteiger partial charge in [-0.1, -0.05) is 30.3 Å². The van der Waals surface area contributed by atoms with Crippen LogP contribution < -0.4 is 11.2 Å². The molecule has 0 spiro atoms. The largest absolute Gasteiger partial charge is 0.425 e. The lowest BCUT2D eigenvalue weighted by Crippen LogP contribution is -2.28. The average molecular weight is 180 g/mol. The predicted octanol–water partition coefficient (Wildman–Crippen LogP) is 0.829. The Balaban J connectivity index is 2.24. The molecule has 3 N–H and O–H groups in total. The zero-order valence-electron chi connectivity index (χ0n) is 7.19. The maximum absolute atomic E-state index is 10.5. The number of benzene rings is 1. The summed E-state index contributed by atoms with van der Waals surface area (Å²) in [6.45, 7) is 0.528. The van der Waals surface area contributed by atoms with Gasteiger partial charge in [0.2, 0.25) is 0 Å². The first-order chi connectivity index (χ1) is 6.33. The Morgan fingerprint density at radius 1 is 1.38 bits per heavy atom. The second-order valence-electron chi connectivity index (χ2n) is 2.57. The van der Waals surface area contributed by atoms with E-state index < -0.39 is 6.09 Å². The van der Waals surface area contributed by atoms with Crippen molar-refractivity contribution in [3.05, 3.63) is 35.9 Å². The van der Waals surface area contributed by atoms with Crippen LogP contribution >= 0.6 is 0 Å². The van der Waals surface area contributed by atoms with E-state index in [1.54, 1.807) is 0 Å². The van der Waals surface area contributed by atoms with Crippen molar-refractivity contribution in [2.75, 3.05) is 6.54 Å². The highest BCUT2D eigenvalue weighted by molar-refractivity contribution is 5.66. The van der Waals surface area contributed by atoms with Crippen LogP contribution in [0.3, 0.4) is 0 Å². The quantitative estimate of drug-likeness (QED) is 0.677. The lowest BCUT2D eigenvalue weighted by Gasteiger charge is -2.02. The lowest BCUT2D eigenvalue weighted by molar-refractivity contribution is 0.148. The number of nitrogens with one attached hydrogen (secondary N) is 1. The van der Waals surface area contributed by atoms with E-state index >= 15 is 0 Å². The third kappa shape index (κ3) is 3.57. The topological polar surface area (TPSA) is 64.3 Å². The smallest absolute Gasteiger partial charge is 0.357 e. The Hall–Kier alpha value is -1.55. The van der Waals surface area contributed by atoms with Crippen LogP contribution in [0.15, 0.2) is 30.3 Å². The molecule has 0 unspecified atom stereocenters. The predicted molar refractivity (Wildman–Crippen MR) is 48.8 cm³/mol. The van der Waals surface area contributed by atoms with E-state index in [1.165, 1.54) is 5.56 Å². The minimum atomic E-state index is -0.601. The third-order valence-electron chi connectivity index (χ3n) is 1.63. The molecule has 0 fully saturated rings. The van der Waals surface area contributed by atoms with E-state index in [2.05, 4.69) is 16.1 Å². The summed E-state index contributed by atoms with van der Waals surface area (Å²) in [5.41, 5.74) is 1.17. The Labute approximate surface area is 76.6 Å². The number of rotatable bonds is 3. The zero-order valence-corrected chi connectivity index (χ0v) is 7.19. The first kappa shape index (κ1) is 9.54. The molecule has 1 rings (SSSR count). The Morgan fingerprint density at radius 3 is 2.69 bits per heavy atom. The summed E-state index contributed by atoms with van der Waals surface area (Å²) >= 11 is 0. The van der Waals surface area contributed by atoms with Crippen LogP contribution in [0.5, 0.6) is 0 Å². The molecule has 0 saturated heterocycles. The minimum Gasteiger partial charge on any atom is -0.357 e. The van der Waals surface area contributed by atoms with Crippen LogP contribution in [0, 0.1) is 0 Å². The van der Waals surface area contributed by atoms with Crippen LogP contribution in [-0.4, -0.2) is 12.6 Å². The summed E-state index contributed by atoms with van der Waals surface area (Å²) in [6, 6.07) is 9.85. The molecule has 0 aromatic heterocycles. The third-order valence-corrected chi connectivity index (χ3v) is 1.63. The van der Waals surface area contributed by atoms with Gasteiger partial charge in [-0.25, -0.2) is 4.79 Å². The number of hydrogen-bond donors (Lipinski definition) is 2. The number of amides is 1. The molecule has 0 aliphatic rings. The molecule has 0 saturated carbocycles. The first-order valence-corrected chi connectivity index (χ1v) is 4.01. The molecule has 1 aromatic carbocycles. The normalized spacial score (nSPS) is 9.31. The van der Waals surface area contributed by atoms with Gasteiger partial charge in [0.15, 0.2) is 0 Å². The van der Waals surface area contributed by atoms with Crippen molar-refractivity contribution in [3.8, 4) is 0 Å². The van der Waals surface area contributed by atoms with Gasteiger partial charge < -0.3 is 10.2 Å². The van der Waals surface area contributed by atoms with Gasteiger partial charge in [0.1, 0.15) is 0 Å². The van der Waals surface area contributed by atoms with Crippen LogP contribution in [0.2, 0.25) is 0 Å². The second-order valence-corrected chi connectivity index (χ2v) is 2.57. The van der Waals surface area contributed by atoms with Crippen molar-refractivity contribution < 1.29 is 9.63 Å². The van der Waals surface area contributed by atoms with E-state index in [1.807, 2.05) is 30.3 Å². The highest BCUT2D eigenvalue weighted by Gasteiger charge is 1.97. The monoisotopic (exact) mass is 180 g/mol. The SMILES string of the molecule is NOC(=O)NCCc1ccccc1. The molecular weight excluding hydrogens is 168 g/mol. The van der Waals surface area contributed by atoms with E-state index in [-0.39, 0.29) is 0 Å². The van der Waals surface area contributed by atoms with Gasteiger partial charge in [0.25, 0.3) is 0 Å². The average Bonchev–Trinajstić information content (AvgIpc) is 2.19. The van der Waals surface area contributed by atoms with Gasteiger partial charge in [-0.2, -0.15) is 5.90 Å². The fraction of sp³-hybridized carbons (Fsp3) is 0.222. The molecule has 1 amide bonds. The summed E-state index contributed by atoms with van der Waals surface area (Å²) in [7, 11) is 0. The lowest BCUT2D eigenvalue weighted by atomic mass is 10.1. The number of hydrogen-bond acceptors (Lipinski definition) is 3. The van der Waals surface area contributed by atoms with Gasteiger partial charge in [-0.3, -0.25) is 0 Å². The summed E-state index contributed by atoms with van der Waals surface area (Å²) in [5.74, 6) is 4.64. The second kappa shape index (κ2) is 5.16. The maximum atomic E-state index is 10.5. The van der Waals surface area contributed by atoms with Crippen LogP contribution in [0.25, 0.3) is 0 Å². The first-order valence-electron chi connectivity index (χ1n) is 4.01. The molecule has 4 nitrogen and oxygen atoms in total. The maximum Gasteiger partial charge on any atom is 0.425 e. The van der Waals surface area contributed by atoms with Gasteiger partial charge in [-0.05, 0) is 12.0 Å². The summed E-state index contributed by atoms with van der Waals surface area (Å²) in [4.78, 5) is 14.5. The van der Waals surface area contributed by atoms with E-state index in [0.29, 0.717) is 6.54 Å². The number of nitrogens with two attached hydrogens (primary N) is 1. The summed E-state index contributed by atoms with van der Waals surface area (Å²) < 4.78 is 0. The zero-order chi connectivity index (χ0) is 9.52. The Morgan fingerprint density at radius 2 is 2.08 bits per heavy atom. The van der Waals surface area contributed by atoms with Crippen molar-refractivity contribution in [3.63, 3.8) is 0 Å². The Bertz CT molecular complexity index is 262. The van der Waals surface area contributed by atoms with E-state index in [9.17, 15) is 4.79 Å². The molecule has 70 valence electrons. The van der Waals surface area contributed by atoms with E-state index in [0.717, 1.165) is 6.42 Å². The molecule has 0 bridgehead atoms. The van der Waals surface area contributed by atoms with Crippen LogP contribution in [0.1, 0.15) is 5.56 Å². The van der Waals surface area contributed by atoms with Crippen LogP contribution in [-0.2, 0) is 11.3 Å². The summed E-state index contributed by atoms with van der Waals surface area (Å²) in [6.07, 6.45) is 0.173. The molecule has 0 aliphatic heterocycles. The molecule has 0 atom stereocenters. The number of carbonyl (C=O) groups is 1. The molecular formula is C9H12N2O2. The number of carbonyl (C=O) groups excluding carboxylic acids is 1. The van der Waals surface area contributed by atoms with Gasteiger partial charge in [0, 0.05) is 6.54 Å². The van der Waals surface area contributed by atoms with Crippen LogP contribution in [0.4, 0.5) is 4.79 Å². The van der Waals surface area contributed by atoms with Gasteiger partial charge >= 0.3 is 6.09 Å². The van der Waals surface area contributed by atoms with Crippen molar-refractivity contribution >= 4 is 6.09 Å². The fourth-order valence-electron chi connectivity index (χ4n) is 0.995. The van der Waals surface area contributed by atoms with Crippen molar-refractivity contribution in [2.45, 2.75) is 6.42 Å².